The van der Waals surface area contributed by atoms with Gasteiger partial charge in [0.25, 0.3) is 5.91 Å². The number of ether oxygens (including phenoxy) is 1. The number of carbonyl (C=O) groups is 1. The highest BCUT2D eigenvalue weighted by molar-refractivity contribution is 5.94. The first-order chi connectivity index (χ1) is 14.2. The standard InChI is InChI=1S/C22H25N5O2/c1-29-21-8-4-18(5-9-21)14-25-10-12-26(13-11-25)22(28)20-6-2-19(3-7-20)15-27-17-23-16-24-27/h2-9,16-17H,10-15H2,1H3. The normalized spacial score (nSPS) is 14.7. The van der Waals surface area contributed by atoms with Crippen LogP contribution in [0.15, 0.2) is 61.2 Å². The number of rotatable bonds is 6. The Hall–Kier alpha value is -3.19. The molecule has 7 nitrogen and oxygen atoms in total. The smallest absolute Gasteiger partial charge is 0.253 e. The minimum Gasteiger partial charge on any atom is -0.497 e. The number of aromatic nitrogens is 3. The van der Waals surface area contributed by atoms with Crippen molar-refractivity contribution < 1.29 is 9.53 Å². The third kappa shape index (κ3) is 4.81. The molecule has 2 heterocycles. The van der Waals surface area contributed by atoms with Crippen LogP contribution in [0.25, 0.3) is 0 Å². The summed E-state index contributed by atoms with van der Waals surface area (Å²) < 4.78 is 6.97. The molecule has 0 N–H and O–H groups in total. The molecule has 0 aliphatic carbocycles. The highest BCUT2D eigenvalue weighted by atomic mass is 16.5. The van der Waals surface area contributed by atoms with E-state index < -0.39 is 0 Å². The van der Waals surface area contributed by atoms with E-state index in [4.69, 9.17) is 4.74 Å². The van der Waals surface area contributed by atoms with Crippen molar-refractivity contribution >= 4 is 5.91 Å². The molecule has 1 saturated heterocycles. The van der Waals surface area contributed by atoms with Crippen LogP contribution in [0.3, 0.4) is 0 Å². The fourth-order valence-electron chi connectivity index (χ4n) is 3.53. The Morgan fingerprint density at radius 1 is 0.931 bits per heavy atom. The predicted molar refractivity (Wildman–Crippen MR) is 110 cm³/mol. The highest BCUT2D eigenvalue weighted by Gasteiger charge is 2.22. The van der Waals surface area contributed by atoms with Crippen LogP contribution in [0.2, 0.25) is 0 Å². The number of amides is 1. The van der Waals surface area contributed by atoms with Crippen molar-refractivity contribution in [1.82, 2.24) is 24.6 Å². The molecule has 3 aromatic rings. The number of benzene rings is 2. The van der Waals surface area contributed by atoms with Crippen molar-refractivity contribution in [3.8, 4) is 5.75 Å². The third-order valence-corrected chi connectivity index (χ3v) is 5.24. The predicted octanol–water partition coefficient (Wildman–Crippen LogP) is 2.29. The molecule has 1 fully saturated rings. The number of piperazine rings is 1. The van der Waals surface area contributed by atoms with E-state index in [1.54, 1.807) is 18.1 Å². The molecule has 0 saturated carbocycles. The van der Waals surface area contributed by atoms with Gasteiger partial charge in [-0.25, -0.2) is 9.67 Å². The Morgan fingerprint density at radius 2 is 1.59 bits per heavy atom. The largest absolute Gasteiger partial charge is 0.497 e. The average molecular weight is 391 g/mol. The first-order valence-electron chi connectivity index (χ1n) is 9.77. The van der Waals surface area contributed by atoms with E-state index in [1.165, 1.54) is 11.9 Å². The Bertz CT molecular complexity index is 915. The van der Waals surface area contributed by atoms with E-state index in [2.05, 4.69) is 27.1 Å². The molecule has 0 spiro atoms. The van der Waals surface area contributed by atoms with Gasteiger partial charge in [0.15, 0.2) is 0 Å². The molecule has 0 atom stereocenters. The Labute approximate surface area is 170 Å². The zero-order valence-electron chi connectivity index (χ0n) is 16.6. The van der Waals surface area contributed by atoms with Crippen LogP contribution < -0.4 is 4.74 Å². The molecule has 4 rings (SSSR count). The van der Waals surface area contributed by atoms with E-state index in [9.17, 15) is 4.79 Å². The van der Waals surface area contributed by atoms with Crippen molar-refractivity contribution in [2.24, 2.45) is 0 Å². The molecule has 150 valence electrons. The van der Waals surface area contributed by atoms with Crippen LogP contribution >= 0.6 is 0 Å². The average Bonchev–Trinajstić information content (AvgIpc) is 3.28. The van der Waals surface area contributed by atoms with Crippen LogP contribution in [0.5, 0.6) is 5.75 Å². The van der Waals surface area contributed by atoms with Crippen LogP contribution in [-0.4, -0.2) is 63.8 Å². The first kappa shape index (κ1) is 19.1. The summed E-state index contributed by atoms with van der Waals surface area (Å²) in [6.45, 7) is 4.79. The lowest BCUT2D eigenvalue weighted by Crippen LogP contribution is -2.48. The molecule has 2 aromatic carbocycles. The Morgan fingerprint density at radius 3 is 2.21 bits per heavy atom. The second kappa shape index (κ2) is 8.87. The zero-order chi connectivity index (χ0) is 20.1. The van der Waals surface area contributed by atoms with Crippen LogP contribution in [-0.2, 0) is 13.1 Å². The van der Waals surface area contributed by atoms with Gasteiger partial charge in [-0.05, 0) is 35.4 Å². The number of hydrogen-bond acceptors (Lipinski definition) is 5. The van der Waals surface area contributed by atoms with Gasteiger partial charge in [-0.1, -0.05) is 24.3 Å². The molecular formula is C22H25N5O2. The van der Waals surface area contributed by atoms with Crippen LogP contribution in [0.1, 0.15) is 21.5 Å². The van der Waals surface area contributed by atoms with Gasteiger partial charge in [0, 0.05) is 38.3 Å². The molecule has 1 aromatic heterocycles. The molecule has 7 heteroatoms. The van der Waals surface area contributed by atoms with Gasteiger partial charge in [-0.3, -0.25) is 9.69 Å². The number of carbonyl (C=O) groups excluding carboxylic acids is 1. The van der Waals surface area contributed by atoms with E-state index in [0.29, 0.717) is 6.54 Å². The molecule has 29 heavy (non-hydrogen) atoms. The third-order valence-electron chi connectivity index (χ3n) is 5.24. The van der Waals surface area contributed by atoms with E-state index in [1.807, 2.05) is 41.3 Å². The van der Waals surface area contributed by atoms with E-state index in [0.717, 1.165) is 49.6 Å². The van der Waals surface area contributed by atoms with Crippen LogP contribution in [0, 0.1) is 0 Å². The molecule has 0 unspecified atom stereocenters. The fourth-order valence-corrected chi connectivity index (χ4v) is 3.53. The Kier molecular flexibility index (Phi) is 5.86. The van der Waals surface area contributed by atoms with Gasteiger partial charge in [-0.2, -0.15) is 5.10 Å². The maximum absolute atomic E-state index is 12.8. The minimum atomic E-state index is 0.0985. The number of nitrogens with zero attached hydrogens (tertiary/aromatic N) is 5. The van der Waals surface area contributed by atoms with Gasteiger partial charge in [-0.15, -0.1) is 0 Å². The summed E-state index contributed by atoms with van der Waals surface area (Å²) >= 11 is 0. The Balaban J connectivity index is 1.29. The zero-order valence-corrected chi connectivity index (χ0v) is 16.6. The monoisotopic (exact) mass is 391 g/mol. The SMILES string of the molecule is COc1ccc(CN2CCN(C(=O)c3ccc(Cn4cncn4)cc3)CC2)cc1. The molecule has 0 radical (unpaired) electrons. The van der Waals surface area contributed by atoms with E-state index >= 15 is 0 Å². The van der Waals surface area contributed by atoms with Crippen molar-refractivity contribution in [2.45, 2.75) is 13.1 Å². The van der Waals surface area contributed by atoms with Crippen LogP contribution in [0.4, 0.5) is 0 Å². The lowest BCUT2D eigenvalue weighted by molar-refractivity contribution is 0.0628. The fraction of sp³-hybridized carbons (Fsp3) is 0.318. The first-order valence-corrected chi connectivity index (χ1v) is 9.77. The molecule has 0 bridgehead atoms. The van der Waals surface area contributed by atoms with Gasteiger partial charge in [0.2, 0.25) is 0 Å². The van der Waals surface area contributed by atoms with Gasteiger partial charge in [0.1, 0.15) is 18.4 Å². The summed E-state index contributed by atoms with van der Waals surface area (Å²) in [6.07, 6.45) is 3.21. The lowest BCUT2D eigenvalue weighted by Gasteiger charge is -2.34. The maximum atomic E-state index is 12.8. The summed E-state index contributed by atoms with van der Waals surface area (Å²) in [5.41, 5.74) is 3.08. The second-order valence-electron chi connectivity index (χ2n) is 7.21. The lowest BCUT2D eigenvalue weighted by atomic mass is 10.1. The molecule has 1 aliphatic heterocycles. The molecule has 1 amide bonds. The topological polar surface area (TPSA) is 63.5 Å². The van der Waals surface area contributed by atoms with Crippen molar-refractivity contribution in [1.29, 1.82) is 0 Å². The van der Waals surface area contributed by atoms with Crippen molar-refractivity contribution in [3.05, 3.63) is 77.9 Å². The van der Waals surface area contributed by atoms with Crippen molar-refractivity contribution in [3.63, 3.8) is 0 Å². The highest BCUT2D eigenvalue weighted by Crippen LogP contribution is 2.15. The summed E-state index contributed by atoms with van der Waals surface area (Å²) in [7, 11) is 1.68. The summed E-state index contributed by atoms with van der Waals surface area (Å²) in [5.74, 6) is 0.970. The van der Waals surface area contributed by atoms with Gasteiger partial charge < -0.3 is 9.64 Å². The van der Waals surface area contributed by atoms with Gasteiger partial charge >= 0.3 is 0 Å². The number of methoxy groups -OCH3 is 1. The van der Waals surface area contributed by atoms with Crippen molar-refractivity contribution in [2.75, 3.05) is 33.3 Å². The quantitative estimate of drug-likeness (QED) is 0.645. The summed E-state index contributed by atoms with van der Waals surface area (Å²) in [5, 5.41) is 4.11. The van der Waals surface area contributed by atoms with Gasteiger partial charge in [0.05, 0.1) is 13.7 Å². The molecule has 1 aliphatic rings. The number of hydrogen-bond donors (Lipinski definition) is 0. The summed E-state index contributed by atoms with van der Waals surface area (Å²) in [6, 6.07) is 15.9. The second-order valence-corrected chi connectivity index (χ2v) is 7.21. The maximum Gasteiger partial charge on any atom is 0.253 e. The molecular weight excluding hydrogens is 366 g/mol. The minimum absolute atomic E-state index is 0.0985. The van der Waals surface area contributed by atoms with E-state index in [-0.39, 0.29) is 5.91 Å². The summed E-state index contributed by atoms with van der Waals surface area (Å²) in [4.78, 5) is 21.1.